The molecule has 0 bridgehead atoms. The van der Waals surface area contributed by atoms with Crippen LogP contribution >= 0.6 is 11.3 Å². The molecule has 15 rings (SSSR count). The van der Waals surface area contributed by atoms with Crippen LogP contribution in [0.15, 0.2) is 249 Å². The molecule has 1 aliphatic heterocycles. The van der Waals surface area contributed by atoms with Gasteiger partial charge in [0.1, 0.15) is 11.5 Å². The summed E-state index contributed by atoms with van der Waals surface area (Å²) in [4.78, 5) is 2.47. The lowest BCUT2D eigenvalue weighted by atomic mass is 9.66. The van der Waals surface area contributed by atoms with E-state index in [0.29, 0.717) is 0 Å². The van der Waals surface area contributed by atoms with Gasteiger partial charge in [-0.15, -0.1) is 11.3 Å². The van der Waals surface area contributed by atoms with E-state index in [1.165, 1.54) is 75.8 Å². The Labute approximate surface area is 410 Å². The quantitative estimate of drug-likeness (QED) is 0.174. The first-order valence-electron chi connectivity index (χ1n) is 24.1. The van der Waals surface area contributed by atoms with Gasteiger partial charge in [0.25, 0.3) is 0 Å². The molecule has 2 nitrogen and oxygen atoms in total. The smallest absolute Gasteiger partial charge is 0.135 e. The van der Waals surface area contributed by atoms with Gasteiger partial charge in [0.05, 0.1) is 11.1 Å². The molecule has 11 aromatic carbocycles. The highest BCUT2D eigenvalue weighted by Gasteiger charge is 2.50. The zero-order chi connectivity index (χ0) is 45.9. The normalized spacial score (nSPS) is 14.5. The standard InChI is InChI=1S/C67H41NOS/c1-2-18-42(19-3-1)45-20-10-15-31-62(45)68(44-35-37-64-56(39-44)49-24-7-5-22-47(49)52-27-11-16-32-63(52)69-64)43-34-36-60-54(38-43)48-23-6-4-21-46(48)50-25-8-13-29-58(50)67(60)59-30-14-9-26-51(59)55-40-57-53-28-12-17-33-65(53)70-66(57)41-61(55)67/h1-41H. The van der Waals surface area contributed by atoms with E-state index in [0.717, 1.165) is 61.9 Å². The second-order valence-corrected chi connectivity index (χ2v) is 19.7. The summed E-state index contributed by atoms with van der Waals surface area (Å²) < 4.78 is 9.44. The highest BCUT2D eigenvalue weighted by atomic mass is 32.1. The first kappa shape index (κ1) is 39.3. The van der Waals surface area contributed by atoms with Gasteiger partial charge in [-0.1, -0.05) is 188 Å². The zero-order valence-corrected chi connectivity index (χ0v) is 38.8. The molecule has 0 radical (unpaired) electrons. The van der Waals surface area contributed by atoms with Crippen molar-refractivity contribution in [1.82, 2.24) is 0 Å². The lowest BCUT2D eigenvalue weighted by Gasteiger charge is -2.36. The van der Waals surface area contributed by atoms with Gasteiger partial charge >= 0.3 is 0 Å². The number of anilines is 3. The van der Waals surface area contributed by atoms with Crippen molar-refractivity contribution >= 4 is 48.6 Å². The third kappa shape index (κ3) is 5.55. The van der Waals surface area contributed by atoms with Crippen LogP contribution in [0.1, 0.15) is 22.3 Å². The Morgan fingerprint density at radius 1 is 0.300 bits per heavy atom. The van der Waals surface area contributed by atoms with Gasteiger partial charge in [0, 0.05) is 48.2 Å². The molecule has 0 fully saturated rings. The Morgan fingerprint density at radius 2 is 0.800 bits per heavy atom. The van der Waals surface area contributed by atoms with E-state index in [2.05, 4.69) is 254 Å². The number of hydrogen-bond acceptors (Lipinski definition) is 3. The van der Waals surface area contributed by atoms with E-state index in [1.807, 2.05) is 11.3 Å². The van der Waals surface area contributed by atoms with E-state index >= 15 is 0 Å². The predicted molar refractivity (Wildman–Crippen MR) is 292 cm³/mol. The van der Waals surface area contributed by atoms with Crippen molar-refractivity contribution < 1.29 is 4.74 Å². The van der Waals surface area contributed by atoms with E-state index in [1.54, 1.807) is 0 Å². The number of benzene rings is 11. The molecular formula is C67H41NOS. The maximum atomic E-state index is 6.82. The van der Waals surface area contributed by atoms with E-state index < -0.39 is 5.41 Å². The minimum Gasteiger partial charge on any atom is -0.456 e. The van der Waals surface area contributed by atoms with Crippen molar-refractivity contribution in [2.45, 2.75) is 5.41 Å². The minimum absolute atomic E-state index is 0.618. The van der Waals surface area contributed by atoms with Crippen LogP contribution in [0.4, 0.5) is 17.1 Å². The number of fused-ring (bicyclic) bond motifs is 20. The molecule has 1 unspecified atom stereocenters. The number of ether oxygens (including phenoxy) is 1. The lowest BCUT2D eigenvalue weighted by Crippen LogP contribution is -2.29. The van der Waals surface area contributed by atoms with Crippen LogP contribution in [0, 0.1) is 0 Å². The third-order valence-corrected chi connectivity index (χ3v) is 16.2. The average Bonchev–Trinajstić information content (AvgIpc) is 3.85. The summed E-state index contributed by atoms with van der Waals surface area (Å²) >= 11 is 1.90. The Hall–Kier alpha value is -8.76. The Kier molecular flexibility index (Phi) is 8.48. The SMILES string of the molecule is c1ccc(-c2ccccc2N(c2ccc3c(c2)-c2ccccc2-c2ccccc2O3)c2ccc3c(c2)-c2ccccc2-c2ccccc2C32c3ccccc3-c3cc4c(cc32)sc2ccccc24)cc1. The molecule has 0 amide bonds. The molecule has 1 aromatic heterocycles. The van der Waals surface area contributed by atoms with E-state index in [9.17, 15) is 0 Å². The van der Waals surface area contributed by atoms with Crippen molar-refractivity contribution in [3.8, 4) is 78.3 Å². The van der Waals surface area contributed by atoms with Crippen molar-refractivity contribution in [3.63, 3.8) is 0 Å². The molecule has 0 N–H and O–H groups in total. The molecule has 3 aliphatic rings. The number of thiophene rings is 1. The van der Waals surface area contributed by atoms with E-state index in [-0.39, 0.29) is 0 Å². The first-order chi connectivity index (χ1) is 34.7. The van der Waals surface area contributed by atoms with Gasteiger partial charge in [0.2, 0.25) is 0 Å². The minimum atomic E-state index is -0.618. The maximum Gasteiger partial charge on any atom is 0.135 e. The van der Waals surface area contributed by atoms with Crippen LogP contribution in [0.5, 0.6) is 11.5 Å². The first-order valence-corrected chi connectivity index (χ1v) is 24.9. The number of nitrogens with zero attached hydrogens (tertiary/aromatic N) is 1. The molecule has 0 saturated carbocycles. The van der Waals surface area contributed by atoms with Gasteiger partial charge < -0.3 is 9.64 Å². The maximum absolute atomic E-state index is 6.82. The molecule has 70 heavy (non-hydrogen) atoms. The van der Waals surface area contributed by atoms with Gasteiger partial charge in [-0.2, -0.15) is 0 Å². The predicted octanol–water partition coefficient (Wildman–Crippen LogP) is 18.6. The summed E-state index contributed by atoms with van der Waals surface area (Å²) in [6.45, 7) is 0. The molecule has 2 aliphatic carbocycles. The van der Waals surface area contributed by atoms with Crippen molar-refractivity contribution in [3.05, 3.63) is 271 Å². The van der Waals surface area contributed by atoms with Crippen LogP contribution in [0.2, 0.25) is 0 Å². The van der Waals surface area contributed by atoms with E-state index in [4.69, 9.17) is 4.74 Å². The zero-order valence-electron chi connectivity index (χ0n) is 37.9. The van der Waals surface area contributed by atoms with Gasteiger partial charge in [0.15, 0.2) is 0 Å². The highest BCUT2D eigenvalue weighted by molar-refractivity contribution is 7.25. The summed E-state index contributed by atoms with van der Waals surface area (Å²) in [7, 11) is 0. The molecule has 2 heterocycles. The highest BCUT2D eigenvalue weighted by Crippen LogP contribution is 2.63. The Morgan fingerprint density at radius 3 is 1.56 bits per heavy atom. The lowest BCUT2D eigenvalue weighted by molar-refractivity contribution is 0.488. The average molecular weight is 908 g/mol. The molecule has 1 spiro atoms. The van der Waals surface area contributed by atoms with Crippen LogP contribution in [-0.4, -0.2) is 0 Å². The van der Waals surface area contributed by atoms with Crippen LogP contribution in [0.3, 0.4) is 0 Å². The molecule has 326 valence electrons. The Bertz CT molecular complexity index is 4130. The molecule has 12 aromatic rings. The largest absolute Gasteiger partial charge is 0.456 e. The van der Waals surface area contributed by atoms with Crippen molar-refractivity contribution in [1.29, 1.82) is 0 Å². The summed E-state index contributed by atoms with van der Waals surface area (Å²) in [5.41, 5.74) is 22.0. The second-order valence-electron chi connectivity index (χ2n) is 18.7. The molecule has 3 heteroatoms. The number of para-hydroxylation sites is 2. The number of hydrogen-bond donors (Lipinski definition) is 0. The summed E-state index contributed by atoms with van der Waals surface area (Å²) in [5, 5.41) is 2.63. The summed E-state index contributed by atoms with van der Waals surface area (Å²) in [6, 6.07) is 92.1. The van der Waals surface area contributed by atoms with Crippen LogP contribution in [0.25, 0.3) is 86.9 Å². The Balaban J connectivity index is 1.03. The monoisotopic (exact) mass is 907 g/mol. The molecular weight excluding hydrogens is 867 g/mol. The fraction of sp³-hybridized carbons (Fsp3) is 0.0149. The van der Waals surface area contributed by atoms with Gasteiger partial charge in [-0.25, -0.2) is 0 Å². The molecule has 0 saturated heterocycles. The number of rotatable bonds is 4. The van der Waals surface area contributed by atoms with Crippen LogP contribution < -0.4 is 9.64 Å². The topological polar surface area (TPSA) is 12.5 Å². The van der Waals surface area contributed by atoms with Crippen molar-refractivity contribution in [2.75, 3.05) is 4.90 Å². The van der Waals surface area contributed by atoms with Crippen LogP contribution in [-0.2, 0) is 5.41 Å². The summed E-state index contributed by atoms with van der Waals surface area (Å²) in [6.07, 6.45) is 0. The fourth-order valence-electron chi connectivity index (χ4n) is 12.2. The molecule has 1 atom stereocenters. The van der Waals surface area contributed by atoms with Crippen molar-refractivity contribution in [2.24, 2.45) is 0 Å². The third-order valence-electron chi connectivity index (χ3n) is 15.1. The summed E-state index contributed by atoms with van der Waals surface area (Å²) in [5.74, 6) is 1.69. The van der Waals surface area contributed by atoms with Gasteiger partial charge in [-0.05, 0) is 133 Å². The fourth-order valence-corrected chi connectivity index (χ4v) is 13.3. The van der Waals surface area contributed by atoms with Gasteiger partial charge in [-0.3, -0.25) is 0 Å². The second kappa shape index (κ2) is 15.1.